The monoisotopic (exact) mass is 368 g/mol. The van der Waals surface area contributed by atoms with Crippen molar-refractivity contribution in [3.05, 3.63) is 53.9 Å². The molecule has 0 saturated carbocycles. The summed E-state index contributed by atoms with van der Waals surface area (Å²) in [4.78, 5) is 23.2. The topological polar surface area (TPSA) is 78.4 Å². The maximum absolute atomic E-state index is 12.8. The Kier molecular flexibility index (Phi) is 6.06. The van der Waals surface area contributed by atoms with Gasteiger partial charge in [0.25, 0.3) is 5.91 Å². The molecule has 6 heteroatoms. The van der Waals surface area contributed by atoms with Gasteiger partial charge in [0, 0.05) is 37.1 Å². The molecule has 0 aliphatic carbocycles. The third kappa shape index (κ3) is 5.76. The number of hydrogen-bond donors (Lipinski definition) is 2. The number of aromatic nitrogens is 2. The summed E-state index contributed by atoms with van der Waals surface area (Å²) in [7, 11) is 0. The highest BCUT2D eigenvalue weighted by Crippen LogP contribution is 2.19. The number of anilines is 1. The van der Waals surface area contributed by atoms with Crippen molar-refractivity contribution >= 4 is 11.9 Å². The molecule has 6 nitrogen and oxygen atoms in total. The number of likely N-dealkylation sites (tertiary alicyclic amines) is 1. The van der Waals surface area contributed by atoms with E-state index >= 15 is 0 Å². The van der Waals surface area contributed by atoms with Gasteiger partial charge in [-0.3, -0.25) is 4.79 Å². The molecular weight excluding hydrogens is 340 g/mol. The number of rotatable bonds is 6. The first kappa shape index (κ1) is 19.3. The highest BCUT2D eigenvalue weighted by Gasteiger charge is 2.24. The standard InChI is InChI=1S/C21H28N4O2/c1-21(2,27)10-7-16-5-3-6-17(15-16)19(26)25-13-8-18(9-14-25)24-20-22-11-4-12-23-20/h3-6,11-12,15,18,27H,7-10,13-14H2,1-2H3,(H,22,23,24). The molecule has 0 unspecified atom stereocenters. The highest BCUT2D eigenvalue weighted by atomic mass is 16.3. The van der Waals surface area contributed by atoms with Crippen molar-refractivity contribution in [3.8, 4) is 0 Å². The van der Waals surface area contributed by atoms with Crippen LogP contribution in [0.5, 0.6) is 0 Å². The lowest BCUT2D eigenvalue weighted by Crippen LogP contribution is -2.42. The number of nitrogens with zero attached hydrogens (tertiary/aromatic N) is 3. The molecule has 1 aliphatic rings. The van der Waals surface area contributed by atoms with Gasteiger partial charge in [-0.2, -0.15) is 0 Å². The SMILES string of the molecule is CC(C)(O)CCc1cccc(C(=O)N2CCC(Nc3ncccn3)CC2)c1. The number of piperidine rings is 1. The second-order valence-electron chi connectivity index (χ2n) is 7.80. The van der Waals surface area contributed by atoms with Crippen LogP contribution in [-0.2, 0) is 6.42 Å². The maximum Gasteiger partial charge on any atom is 0.253 e. The van der Waals surface area contributed by atoms with E-state index in [1.807, 2.05) is 29.2 Å². The Hall–Kier alpha value is -2.47. The fourth-order valence-corrected chi connectivity index (χ4v) is 3.28. The Morgan fingerprint density at radius 2 is 1.93 bits per heavy atom. The Bertz CT molecular complexity index is 750. The van der Waals surface area contributed by atoms with Gasteiger partial charge in [-0.15, -0.1) is 0 Å². The van der Waals surface area contributed by atoms with Crippen molar-refractivity contribution in [1.29, 1.82) is 0 Å². The van der Waals surface area contributed by atoms with E-state index in [4.69, 9.17) is 0 Å². The molecule has 1 amide bonds. The molecule has 1 aromatic carbocycles. The molecule has 1 aromatic heterocycles. The van der Waals surface area contributed by atoms with Gasteiger partial charge in [0.1, 0.15) is 0 Å². The van der Waals surface area contributed by atoms with Gasteiger partial charge in [-0.25, -0.2) is 9.97 Å². The van der Waals surface area contributed by atoms with E-state index in [-0.39, 0.29) is 11.9 Å². The van der Waals surface area contributed by atoms with Crippen LogP contribution in [0.4, 0.5) is 5.95 Å². The number of nitrogens with one attached hydrogen (secondary N) is 1. The predicted molar refractivity (Wildman–Crippen MR) is 106 cm³/mol. The molecule has 0 atom stereocenters. The fraction of sp³-hybridized carbons (Fsp3) is 0.476. The van der Waals surface area contributed by atoms with Crippen LogP contribution in [-0.4, -0.2) is 50.6 Å². The minimum atomic E-state index is -0.697. The van der Waals surface area contributed by atoms with Crippen molar-refractivity contribution in [1.82, 2.24) is 14.9 Å². The summed E-state index contributed by atoms with van der Waals surface area (Å²) < 4.78 is 0. The Labute approximate surface area is 160 Å². The third-order valence-corrected chi connectivity index (χ3v) is 4.88. The van der Waals surface area contributed by atoms with Crippen molar-refractivity contribution in [2.75, 3.05) is 18.4 Å². The number of hydrogen-bond acceptors (Lipinski definition) is 5. The van der Waals surface area contributed by atoms with Crippen LogP contribution in [0, 0.1) is 0 Å². The molecule has 27 heavy (non-hydrogen) atoms. The van der Waals surface area contributed by atoms with Gasteiger partial charge >= 0.3 is 0 Å². The fourth-order valence-electron chi connectivity index (χ4n) is 3.28. The zero-order valence-electron chi connectivity index (χ0n) is 16.1. The third-order valence-electron chi connectivity index (χ3n) is 4.88. The van der Waals surface area contributed by atoms with Gasteiger partial charge in [0.15, 0.2) is 0 Å². The number of amides is 1. The second kappa shape index (κ2) is 8.48. The van der Waals surface area contributed by atoms with Gasteiger partial charge in [-0.1, -0.05) is 12.1 Å². The molecule has 2 aromatic rings. The number of carbonyl (C=O) groups excluding carboxylic acids is 1. The summed E-state index contributed by atoms with van der Waals surface area (Å²) in [6.07, 6.45) is 6.62. The van der Waals surface area contributed by atoms with Gasteiger partial charge in [0.2, 0.25) is 5.95 Å². The van der Waals surface area contributed by atoms with E-state index in [1.54, 1.807) is 32.3 Å². The zero-order chi connectivity index (χ0) is 19.3. The lowest BCUT2D eigenvalue weighted by molar-refractivity contribution is 0.0714. The summed E-state index contributed by atoms with van der Waals surface area (Å²) in [5, 5.41) is 13.2. The van der Waals surface area contributed by atoms with Crippen LogP contribution in [0.2, 0.25) is 0 Å². The van der Waals surface area contributed by atoms with Crippen molar-refractivity contribution in [2.45, 2.75) is 51.2 Å². The van der Waals surface area contributed by atoms with E-state index in [0.717, 1.165) is 43.5 Å². The summed E-state index contributed by atoms with van der Waals surface area (Å²) >= 11 is 0. The number of benzene rings is 1. The average molecular weight is 368 g/mol. The summed E-state index contributed by atoms with van der Waals surface area (Å²) in [6, 6.07) is 9.85. The van der Waals surface area contributed by atoms with E-state index in [0.29, 0.717) is 12.4 Å². The van der Waals surface area contributed by atoms with E-state index in [2.05, 4.69) is 15.3 Å². The van der Waals surface area contributed by atoms with Crippen molar-refractivity contribution in [3.63, 3.8) is 0 Å². The van der Waals surface area contributed by atoms with Crippen LogP contribution in [0.3, 0.4) is 0 Å². The van der Waals surface area contributed by atoms with E-state index in [1.165, 1.54) is 0 Å². The highest BCUT2D eigenvalue weighted by molar-refractivity contribution is 5.94. The molecule has 2 N–H and O–H groups in total. The molecule has 0 radical (unpaired) electrons. The molecule has 1 aliphatic heterocycles. The van der Waals surface area contributed by atoms with Crippen LogP contribution in [0.1, 0.15) is 49.0 Å². The first-order valence-electron chi connectivity index (χ1n) is 9.55. The smallest absolute Gasteiger partial charge is 0.253 e. The largest absolute Gasteiger partial charge is 0.390 e. The average Bonchev–Trinajstić information content (AvgIpc) is 2.67. The second-order valence-corrected chi connectivity index (χ2v) is 7.80. The summed E-state index contributed by atoms with van der Waals surface area (Å²) in [5.41, 5.74) is 1.11. The molecule has 144 valence electrons. The molecular formula is C21H28N4O2. The first-order chi connectivity index (χ1) is 12.9. The summed E-state index contributed by atoms with van der Waals surface area (Å²) in [6.45, 7) is 5.05. The molecule has 0 spiro atoms. The number of aryl methyl sites for hydroxylation is 1. The zero-order valence-corrected chi connectivity index (χ0v) is 16.1. The summed E-state index contributed by atoms with van der Waals surface area (Å²) in [5.74, 6) is 0.719. The Morgan fingerprint density at radius 1 is 1.22 bits per heavy atom. The normalized spacial score (nSPS) is 15.6. The predicted octanol–water partition coefficient (Wildman–Crippen LogP) is 2.90. The van der Waals surface area contributed by atoms with Gasteiger partial charge < -0.3 is 15.3 Å². The van der Waals surface area contributed by atoms with Crippen molar-refractivity contribution in [2.24, 2.45) is 0 Å². The van der Waals surface area contributed by atoms with Gasteiger partial charge in [-0.05, 0) is 63.3 Å². The van der Waals surface area contributed by atoms with E-state index < -0.39 is 5.60 Å². The lowest BCUT2D eigenvalue weighted by atomic mass is 9.97. The Balaban J connectivity index is 1.54. The number of carbonyl (C=O) groups is 1. The van der Waals surface area contributed by atoms with Crippen LogP contribution < -0.4 is 5.32 Å². The quantitative estimate of drug-likeness (QED) is 0.820. The van der Waals surface area contributed by atoms with Gasteiger partial charge in [0.05, 0.1) is 5.60 Å². The van der Waals surface area contributed by atoms with Crippen LogP contribution >= 0.6 is 0 Å². The minimum absolute atomic E-state index is 0.0783. The molecule has 1 saturated heterocycles. The molecule has 0 bridgehead atoms. The molecule has 1 fully saturated rings. The molecule has 3 rings (SSSR count). The molecule has 2 heterocycles. The van der Waals surface area contributed by atoms with Crippen molar-refractivity contribution < 1.29 is 9.90 Å². The number of aliphatic hydroxyl groups is 1. The minimum Gasteiger partial charge on any atom is -0.390 e. The lowest BCUT2D eigenvalue weighted by Gasteiger charge is -2.32. The Morgan fingerprint density at radius 3 is 2.59 bits per heavy atom. The van der Waals surface area contributed by atoms with Crippen LogP contribution in [0.25, 0.3) is 0 Å². The first-order valence-corrected chi connectivity index (χ1v) is 9.55. The van der Waals surface area contributed by atoms with Crippen LogP contribution in [0.15, 0.2) is 42.7 Å². The maximum atomic E-state index is 12.8. The van der Waals surface area contributed by atoms with E-state index in [9.17, 15) is 9.90 Å².